The highest BCUT2D eigenvalue weighted by Crippen LogP contribution is 2.16. The van der Waals surface area contributed by atoms with Crippen molar-refractivity contribution in [1.82, 2.24) is 0 Å². The van der Waals surface area contributed by atoms with Gasteiger partial charge in [-0.15, -0.1) is 0 Å². The molecule has 0 aliphatic rings. The lowest BCUT2D eigenvalue weighted by molar-refractivity contribution is -0.166. The van der Waals surface area contributed by atoms with Gasteiger partial charge in [0.1, 0.15) is 13.2 Å². The predicted octanol–water partition coefficient (Wildman–Crippen LogP) is 18.8. The van der Waals surface area contributed by atoms with Crippen molar-refractivity contribution in [3.63, 3.8) is 0 Å². The lowest BCUT2D eigenvalue weighted by Crippen LogP contribution is -2.30. The average Bonchev–Trinajstić information content (AvgIpc) is 3.31. The van der Waals surface area contributed by atoms with Gasteiger partial charge in [-0.1, -0.05) is 255 Å². The van der Waals surface area contributed by atoms with Crippen molar-refractivity contribution >= 4 is 17.9 Å². The Morgan fingerprint density at radius 1 is 0.318 bits per heavy atom. The van der Waals surface area contributed by atoms with Crippen LogP contribution in [0.4, 0.5) is 0 Å². The molecule has 0 radical (unpaired) electrons. The SMILES string of the molecule is CC/C=C\C/C=C\C/C=C\CCCCCCCCCCCC(=O)OCC(COC(=O)CC/C=C\C/C=C\CCCCCCCC)OC(=O)CCCCCCCCCCCCCCCCCC. The van der Waals surface area contributed by atoms with Crippen LogP contribution in [0.15, 0.2) is 60.8 Å². The van der Waals surface area contributed by atoms with Crippen molar-refractivity contribution in [2.45, 2.75) is 290 Å². The number of allylic oxidation sites excluding steroid dienone is 10. The highest BCUT2D eigenvalue weighted by Gasteiger charge is 2.19. The van der Waals surface area contributed by atoms with Crippen molar-refractivity contribution in [2.24, 2.45) is 0 Å². The maximum absolute atomic E-state index is 12.8. The first-order valence-electron chi connectivity index (χ1n) is 28.3. The first kappa shape index (κ1) is 63.1. The van der Waals surface area contributed by atoms with E-state index < -0.39 is 6.10 Å². The molecule has 0 saturated heterocycles. The second-order valence-corrected chi connectivity index (χ2v) is 18.8. The van der Waals surface area contributed by atoms with Crippen LogP contribution < -0.4 is 0 Å². The summed E-state index contributed by atoms with van der Waals surface area (Å²) in [6.07, 6.45) is 67.9. The van der Waals surface area contributed by atoms with Gasteiger partial charge in [-0.25, -0.2) is 0 Å². The molecule has 66 heavy (non-hydrogen) atoms. The maximum atomic E-state index is 12.8. The summed E-state index contributed by atoms with van der Waals surface area (Å²) in [5.74, 6) is -0.956. The third kappa shape index (κ3) is 52.1. The second kappa shape index (κ2) is 54.7. The van der Waals surface area contributed by atoms with Gasteiger partial charge >= 0.3 is 17.9 Å². The minimum absolute atomic E-state index is 0.0917. The van der Waals surface area contributed by atoms with E-state index in [0.717, 1.165) is 70.6 Å². The third-order valence-corrected chi connectivity index (χ3v) is 12.3. The van der Waals surface area contributed by atoms with Crippen LogP contribution in [0.2, 0.25) is 0 Å². The molecule has 0 fully saturated rings. The van der Waals surface area contributed by atoms with Gasteiger partial charge in [0, 0.05) is 19.3 Å². The van der Waals surface area contributed by atoms with Crippen LogP contribution in [0, 0.1) is 0 Å². The molecular weight excluding hydrogens is 817 g/mol. The van der Waals surface area contributed by atoms with Gasteiger partial charge in [-0.2, -0.15) is 0 Å². The molecule has 0 spiro atoms. The number of ether oxygens (including phenoxy) is 3. The highest BCUT2D eigenvalue weighted by molar-refractivity contribution is 5.71. The molecule has 0 aromatic rings. The van der Waals surface area contributed by atoms with Gasteiger partial charge < -0.3 is 14.2 Å². The van der Waals surface area contributed by atoms with Gasteiger partial charge in [0.05, 0.1) is 0 Å². The fourth-order valence-corrected chi connectivity index (χ4v) is 8.04. The summed E-state index contributed by atoms with van der Waals surface area (Å²) in [5.41, 5.74) is 0. The van der Waals surface area contributed by atoms with E-state index in [1.165, 1.54) is 167 Å². The molecule has 0 N–H and O–H groups in total. The Kier molecular flexibility index (Phi) is 52.3. The zero-order valence-electron chi connectivity index (χ0n) is 43.7. The zero-order valence-corrected chi connectivity index (χ0v) is 43.7. The van der Waals surface area contributed by atoms with Gasteiger partial charge in [0.25, 0.3) is 0 Å². The van der Waals surface area contributed by atoms with Crippen LogP contribution in [-0.4, -0.2) is 37.2 Å². The van der Waals surface area contributed by atoms with Crippen LogP contribution in [0.5, 0.6) is 0 Å². The lowest BCUT2D eigenvalue weighted by atomic mass is 10.0. The number of carbonyl (C=O) groups is 3. The summed E-state index contributed by atoms with van der Waals surface area (Å²) in [7, 11) is 0. The minimum Gasteiger partial charge on any atom is -0.462 e. The summed E-state index contributed by atoms with van der Waals surface area (Å²) >= 11 is 0. The topological polar surface area (TPSA) is 78.9 Å². The smallest absolute Gasteiger partial charge is 0.306 e. The van der Waals surface area contributed by atoms with Gasteiger partial charge in [-0.05, 0) is 70.6 Å². The maximum Gasteiger partial charge on any atom is 0.306 e. The number of hydrogen-bond donors (Lipinski definition) is 0. The zero-order chi connectivity index (χ0) is 47.9. The molecule has 0 heterocycles. The van der Waals surface area contributed by atoms with Crippen LogP contribution >= 0.6 is 0 Å². The summed E-state index contributed by atoms with van der Waals surface area (Å²) < 4.78 is 16.8. The monoisotopic (exact) mass is 923 g/mol. The molecule has 0 bridgehead atoms. The Morgan fingerprint density at radius 3 is 1.02 bits per heavy atom. The van der Waals surface area contributed by atoms with Gasteiger partial charge in [0.2, 0.25) is 0 Å². The summed E-state index contributed by atoms with van der Waals surface area (Å²) in [4.78, 5) is 38.1. The summed E-state index contributed by atoms with van der Waals surface area (Å²) in [5, 5.41) is 0. The molecule has 6 heteroatoms. The van der Waals surface area contributed by atoms with Crippen LogP contribution in [0.3, 0.4) is 0 Å². The molecule has 382 valence electrons. The summed E-state index contributed by atoms with van der Waals surface area (Å²) in [6, 6.07) is 0. The molecule has 0 aliphatic carbocycles. The van der Waals surface area contributed by atoms with E-state index in [1.54, 1.807) is 0 Å². The van der Waals surface area contributed by atoms with Crippen LogP contribution in [0.1, 0.15) is 284 Å². The van der Waals surface area contributed by atoms with Crippen molar-refractivity contribution in [2.75, 3.05) is 13.2 Å². The minimum atomic E-state index is -0.796. The number of hydrogen-bond acceptors (Lipinski definition) is 6. The molecule has 0 saturated carbocycles. The van der Waals surface area contributed by atoms with Crippen LogP contribution in [0.25, 0.3) is 0 Å². The molecule has 0 aromatic carbocycles. The molecular formula is C60H106O6. The van der Waals surface area contributed by atoms with E-state index in [-0.39, 0.29) is 37.5 Å². The Balaban J connectivity index is 4.39. The molecule has 6 nitrogen and oxygen atoms in total. The number of unbranched alkanes of at least 4 members (excludes halogenated alkanes) is 30. The molecule has 0 aromatic heterocycles. The van der Waals surface area contributed by atoms with E-state index in [1.807, 2.05) is 6.08 Å². The third-order valence-electron chi connectivity index (χ3n) is 12.3. The molecule has 0 rings (SSSR count). The van der Waals surface area contributed by atoms with E-state index in [9.17, 15) is 14.4 Å². The Labute approximate surface area is 409 Å². The molecule has 1 atom stereocenters. The lowest BCUT2D eigenvalue weighted by Gasteiger charge is -2.18. The van der Waals surface area contributed by atoms with Gasteiger partial charge in [0.15, 0.2) is 6.10 Å². The van der Waals surface area contributed by atoms with E-state index >= 15 is 0 Å². The largest absolute Gasteiger partial charge is 0.462 e. The van der Waals surface area contributed by atoms with E-state index in [4.69, 9.17) is 14.2 Å². The number of esters is 3. The first-order valence-corrected chi connectivity index (χ1v) is 28.3. The van der Waals surface area contributed by atoms with Crippen molar-refractivity contribution in [3.05, 3.63) is 60.8 Å². The fourth-order valence-electron chi connectivity index (χ4n) is 8.04. The predicted molar refractivity (Wildman–Crippen MR) is 284 cm³/mol. The molecule has 1 unspecified atom stereocenters. The van der Waals surface area contributed by atoms with E-state index in [0.29, 0.717) is 19.3 Å². The Bertz CT molecular complexity index is 1200. The quantitative estimate of drug-likeness (QED) is 0.0262. The Morgan fingerprint density at radius 2 is 0.621 bits per heavy atom. The van der Waals surface area contributed by atoms with E-state index in [2.05, 4.69) is 75.5 Å². The second-order valence-electron chi connectivity index (χ2n) is 18.8. The average molecular weight is 924 g/mol. The summed E-state index contributed by atoms with van der Waals surface area (Å²) in [6.45, 7) is 6.49. The molecule has 0 amide bonds. The standard InChI is InChI=1S/C60H106O6/c1-4-7-10-13-16-19-22-25-27-29-30-31-33-35-38-41-44-47-50-53-59(62)65-56-57(55-64-58(61)52-49-46-43-40-37-34-24-21-18-15-12-9-6-3)66-60(63)54-51-48-45-42-39-36-32-28-26-23-20-17-14-11-8-5-2/h7,10,16,19,25,27,34,37,43,46,57H,4-6,8-9,11-15,17-18,20-24,26,28-33,35-36,38-42,44-45,47-56H2,1-3H3/b10-7-,19-16-,27-25-,37-34-,46-43-. The van der Waals surface area contributed by atoms with Crippen molar-refractivity contribution in [1.29, 1.82) is 0 Å². The van der Waals surface area contributed by atoms with Crippen molar-refractivity contribution in [3.8, 4) is 0 Å². The highest BCUT2D eigenvalue weighted by atomic mass is 16.6. The van der Waals surface area contributed by atoms with Gasteiger partial charge in [-0.3, -0.25) is 14.4 Å². The fraction of sp³-hybridized carbons (Fsp3) is 0.783. The molecule has 0 aliphatic heterocycles. The van der Waals surface area contributed by atoms with Crippen LogP contribution in [-0.2, 0) is 28.6 Å². The Hall–Kier alpha value is -2.89. The first-order chi connectivity index (χ1) is 32.5. The normalized spacial score (nSPS) is 12.5. The number of carbonyl (C=O) groups excluding carboxylic acids is 3. The van der Waals surface area contributed by atoms with Crippen molar-refractivity contribution < 1.29 is 28.6 Å². The number of rotatable bonds is 51.